The third-order valence-corrected chi connectivity index (χ3v) is 4.16. The number of rotatable bonds is 12. The first kappa shape index (κ1) is 23.9. The second-order valence-corrected chi connectivity index (χ2v) is 6.75. The number of benzene rings is 1. The number of carbonyl (C=O) groups excluding carboxylic acids is 3. The highest BCUT2D eigenvalue weighted by molar-refractivity contribution is 5.90. The van der Waals surface area contributed by atoms with Crippen LogP contribution in [-0.2, 0) is 23.9 Å². The first-order valence-corrected chi connectivity index (χ1v) is 9.29. The summed E-state index contributed by atoms with van der Waals surface area (Å²) < 4.78 is 10.0. The number of carboxylic acids is 1. The average molecular weight is 408 g/mol. The number of aliphatic carboxylic acids is 1. The topological polar surface area (TPSA) is 131 Å². The van der Waals surface area contributed by atoms with Crippen molar-refractivity contribution in [3.8, 4) is 5.75 Å². The van der Waals surface area contributed by atoms with Crippen LogP contribution in [0.3, 0.4) is 0 Å². The van der Waals surface area contributed by atoms with Crippen molar-refractivity contribution in [2.45, 2.75) is 32.7 Å². The Hall–Kier alpha value is -3.10. The lowest BCUT2D eigenvalue weighted by Crippen LogP contribution is -2.47. The van der Waals surface area contributed by atoms with E-state index in [2.05, 4.69) is 15.4 Å². The van der Waals surface area contributed by atoms with Crippen LogP contribution < -0.4 is 15.4 Å². The SMILES string of the molecule is COC(=O)[C@H](CC(=O)O)NC(=O)[C@@H](CC(=O)NCCOc1ccccc1)C(C)C. The largest absolute Gasteiger partial charge is 0.492 e. The number of methoxy groups -OCH3 is 1. The number of carbonyl (C=O) groups is 4. The molecular formula is C20H28N2O7. The summed E-state index contributed by atoms with van der Waals surface area (Å²) in [7, 11) is 1.11. The molecule has 1 aromatic rings. The van der Waals surface area contributed by atoms with Crippen molar-refractivity contribution in [2.75, 3.05) is 20.3 Å². The van der Waals surface area contributed by atoms with Gasteiger partial charge in [0.05, 0.1) is 20.1 Å². The fourth-order valence-electron chi connectivity index (χ4n) is 2.57. The maximum Gasteiger partial charge on any atom is 0.328 e. The number of hydrogen-bond acceptors (Lipinski definition) is 6. The van der Waals surface area contributed by atoms with Crippen LogP contribution in [0.2, 0.25) is 0 Å². The minimum Gasteiger partial charge on any atom is -0.492 e. The third-order valence-electron chi connectivity index (χ3n) is 4.16. The predicted molar refractivity (Wildman–Crippen MR) is 104 cm³/mol. The van der Waals surface area contributed by atoms with Crippen molar-refractivity contribution in [3.05, 3.63) is 30.3 Å². The molecular weight excluding hydrogens is 380 g/mol. The highest BCUT2D eigenvalue weighted by Crippen LogP contribution is 2.16. The van der Waals surface area contributed by atoms with Gasteiger partial charge in [-0.3, -0.25) is 14.4 Å². The highest BCUT2D eigenvalue weighted by atomic mass is 16.5. The second kappa shape index (κ2) is 12.4. The van der Waals surface area contributed by atoms with Gasteiger partial charge in [0.15, 0.2) is 0 Å². The molecule has 9 heteroatoms. The molecule has 0 aliphatic heterocycles. The number of hydrogen-bond donors (Lipinski definition) is 3. The van der Waals surface area contributed by atoms with Crippen LogP contribution in [0.15, 0.2) is 30.3 Å². The Morgan fingerprint density at radius 2 is 1.72 bits per heavy atom. The van der Waals surface area contributed by atoms with Gasteiger partial charge in [-0.1, -0.05) is 32.0 Å². The van der Waals surface area contributed by atoms with E-state index in [1.807, 2.05) is 18.2 Å². The van der Waals surface area contributed by atoms with E-state index in [0.29, 0.717) is 5.75 Å². The maximum atomic E-state index is 12.5. The summed E-state index contributed by atoms with van der Waals surface area (Å²) in [5.74, 6) is -3.27. The van der Waals surface area contributed by atoms with Gasteiger partial charge in [0.1, 0.15) is 18.4 Å². The van der Waals surface area contributed by atoms with E-state index >= 15 is 0 Å². The summed E-state index contributed by atoms with van der Waals surface area (Å²) >= 11 is 0. The zero-order valence-corrected chi connectivity index (χ0v) is 16.8. The summed E-state index contributed by atoms with van der Waals surface area (Å²) in [6.45, 7) is 4.07. The van der Waals surface area contributed by atoms with E-state index in [4.69, 9.17) is 9.84 Å². The predicted octanol–water partition coefficient (Wildman–Crippen LogP) is 0.976. The number of amides is 2. The van der Waals surface area contributed by atoms with Crippen molar-refractivity contribution in [2.24, 2.45) is 11.8 Å². The van der Waals surface area contributed by atoms with E-state index in [1.54, 1.807) is 26.0 Å². The third kappa shape index (κ3) is 9.09. The minimum absolute atomic E-state index is 0.101. The zero-order valence-electron chi connectivity index (χ0n) is 16.8. The number of esters is 1. The highest BCUT2D eigenvalue weighted by Gasteiger charge is 2.30. The number of carboxylic acid groups (broad SMARTS) is 1. The van der Waals surface area contributed by atoms with Crippen molar-refractivity contribution >= 4 is 23.8 Å². The molecule has 0 aliphatic carbocycles. The molecule has 0 aromatic heterocycles. The van der Waals surface area contributed by atoms with Crippen LogP contribution in [0.5, 0.6) is 5.75 Å². The van der Waals surface area contributed by atoms with E-state index in [9.17, 15) is 19.2 Å². The van der Waals surface area contributed by atoms with Gasteiger partial charge in [-0.2, -0.15) is 0 Å². The Labute approximate surface area is 169 Å². The van der Waals surface area contributed by atoms with Gasteiger partial charge in [0.2, 0.25) is 11.8 Å². The Bertz CT molecular complexity index is 691. The van der Waals surface area contributed by atoms with Crippen LogP contribution in [0.25, 0.3) is 0 Å². The number of nitrogens with one attached hydrogen (secondary N) is 2. The molecule has 1 aromatic carbocycles. The van der Waals surface area contributed by atoms with Gasteiger partial charge in [-0.05, 0) is 18.1 Å². The lowest BCUT2D eigenvalue weighted by Gasteiger charge is -2.22. The molecule has 2 amide bonds. The molecule has 160 valence electrons. The minimum atomic E-state index is -1.31. The van der Waals surface area contributed by atoms with E-state index in [0.717, 1.165) is 7.11 Å². The second-order valence-electron chi connectivity index (χ2n) is 6.75. The summed E-state index contributed by atoms with van der Waals surface area (Å²) in [6, 6.07) is 7.84. The Balaban J connectivity index is 2.54. The molecule has 0 unspecified atom stereocenters. The molecule has 1 rings (SSSR count). The van der Waals surface area contributed by atoms with Gasteiger partial charge in [0, 0.05) is 12.3 Å². The Morgan fingerprint density at radius 3 is 2.28 bits per heavy atom. The van der Waals surface area contributed by atoms with Crippen LogP contribution in [0.1, 0.15) is 26.7 Å². The van der Waals surface area contributed by atoms with E-state index in [1.165, 1.54) is 0 Å². The zero-order chi connectivity index (χ0) is 21.8. The van der Waals surface area contributed by atoms with Crippen molar-refractivity contribution in [3.63, 3.8) is 0 Å². The molecule has 0 saturated heterocycles. The maximum absolute atomic E-state index is 12.5. The molecule has 0 spiro atoms. The summed E-state index contributed by atoms with van der Waals surface area (Å²) in [6.07, 6.45) is -0.706. The van der Waals surface area contributed by atoms with Crippen molar-refractivity contribution < 1.29 is 33.8 Å². The lowest BCUT2D eigenvalue weighted by atomic mass is 9.91. The van der Waals surface area contributed by atoms with Gasteiger partial charge >= 0.3 is 11.9 Å². The fourth-order valence-corrected chi connectivity index (χ4v) is 2.57. The summed E-state index contributed by atoms with van der Waals surface area (Å²) in [5.41, 5.74) is 0. The van der Waals surface area contributed by atoms with E-state index in [-0.39, 0.29) is 31.4 Å². The average Bonchev–Trinajstić information content (AvgIpc) is 2.68. The quantitative estimate of drug-likeness (QED) is 0.347. The van der Waals surface area contributed by atoms with Gasteiger partial charge in [0.25, 0.3) is 0 Å². The molecule has 0 bridgehead atoms. The molecule has 9 nitrogen and oxygen atoms in total. The monoisotopic (exact) mass is 408 g/mol. The molecule has 0 heterocycles. The van der Waals surface area contributed by atoms with Gasteiger partial charge in [-0.25, -0.2) is 4.79 Å². The summed E-state index contributed by atoms with van der Waals surface area (Å²) in [4.78, 5) is 47.3. The first-order chi connectivity index (χ1) is 13.7. The normalized spacial score (nSPS) is 12.6. The standard InChI is InChI=1S/C20H28N2O7/c1-13(2)15(19(26)22-16(12-18(24)25)20(27)28-3)11-17(23)21-9-10-29-14-7-5-4-6-8-14/h4-8,13,15-16H,9-12H2,1-3H3,(H,21,23)(H,22,26)(H,24,25)/t15-,16-/m0/s1. The van der Waals surface area contributed by atoms with Gasteiger partial charge in [-0.15, -0.1) is 0 Å². The van der Waals surface area contributed by atoms with E-state index < -0.39 is 36.2 Å². The Kier molecular flexibility index (Phi) is 10.2. The Morgan fingerprint density at radius 1 is 1.07 bits per heavy atom. The lowest BCUT2D eigenvalue weighted by molar-refractivity contribution is -0.150. The molecule has 0 radical (unpaired) electrons. The fraction of sp³-hybridized carbons (Fsp3) is 0.500. The molecule has 2 atom stereocenters. The molecule has 0 aliphatic rings. The first-order valence-electron chi connectivity index (χ1n) is 9.29. The van der Waals surface area contributed by atoms with Gasteiger partial charge < -0.3 is 25.2 Å². The van der Waals surface area contributed by atoms with Crippen LogP contribution in [0, 0.1) is 11.8 Å². The number of para-hydroxylation sites is 1. The van der Waals surface area contributed by atoms with Crippen LogP contribution in [-0.4, -0.2) is 55.2 Å². The van der Waals surface area contributed by atoms with Crippen LogP contribution in [0.4, 0.5) is 0 Å². The van der Waals surface area contributed by atoms with Crippen LogP contribution >= 0.6 is 0 Å². The smallest absolute Gasteiger partial charge is 0.328 e. The van der Waals surface area contributed by atoms with Crippen molar-refractivity contribution in [1.82, 2.24) is 10.6 Å². The number of ether oxygens (including phenoxy) is 2. The summed E-state index contributed by atoms with van der Waals surface area (Å²) in [5, 5.41) is 14.0. The van der Waals surface area contributed by atoms with Crippen molar-refractivity contribution in [1.29, 1.82) is 0 Å². The molecule has 0 saturated carbocycles. The molecule has 0 fully saturated rings. The molecule has 29 heavy (non-hydrogen) atoms. The molecule has 3 N–H and O–H groups in total.